The number of aryl methyl sites for hydroxylation is 2. The average Bonchev–Trinajstić information content (AvgIpc) is 3.92. The number of hydrogen-bond acceptors (Lipinski definition) is 15. The highest BCUT2D eigenvalue weighted by Crippen LogP contribution is 2.40. The predicted molar refractivity (Wildman–Crippen MR) is 297 cm³/mol. The van der Waals surface area contributed by atoms with E-state index in [-0.39, 0.29) is 47.5 Å². The summed E-state index contributed by atoms with van der Waals surface area (Å²) >= 11 is 0. The zero-order valence-electron chi connectivity index (χ0n) is 46.4. The summed E-state index contributed by atoms with van der Waals surface area (Å²) in [5, 5.41) is 26.8. The monoisotopic (exact) mass is 1100 g/mol. The first-order chi connectivity index (χ1) is 37.4. The Labute approximate surface area is 460 Å². The number of carbonyl (C=O) groups excluding carboxylic acids is 3. The van der Waals surface area contributed by atoms with Crippen molar-refractivity contribution in [3.8, 4) is 17.4 Å². The lowest BCUT2D eigenvalue weighted by molar-refractivity contribution is -0.147. The van der Waals surface area contributed by atoms with Crippen LogP contribution in [0.5, 0.6) is 17.4 Å². The maximum Gasteiger partial charge on any atom is 0.407 e. The Bertz CT molecular complexity index is 3420. The summed E-state index contributed by atoms with van der Waals surface area (Å²) in [5.41, 5.74) is 5.27. The molecule has 1 saturated heterocycles. The van der Waals surface area contributed by atoms with Gasteiger partial charge in [0.05, 0.1) is 16.3 Å². The number of likely N-dealkylation sites (N-methyl/N-ethyl adjacent to an activating group) is 1. The van der Waals surface area contributed by atoms with E-state index in [2.05, 4.69) is 57.0 Å². The lowest BCUT2D eigenvalue weighted by Gasteiger charge is -2.42. The minimum absolute atomic E-state index is 0.0178. The number of nitrogens with one attached hydrogen (secondary N) is 4. The van der Waals surface area contributed by atoms with Gasteiger partial charge in [0.2, 0.25) is 23.6 Å². The second kappa shape index (κ2) is 22.1. The van der Waals surface area contributed by atoms with Crippen LogP contribution >= 0.6 is 0 Å². The van der Waals surface area contributed by atoms with Gasteiger partial charge in [0, 0.05) is 74.7 Å². The fourth-order valence-electron chi connectivity index (χ4n) is 10.3. The molecule has 1 fully saturated rings. The number of rotatable bonds is 14. The Morgan fingerprint density at radius 2 is 1.61 bits per heavy atom. The largest absolute Gasteiger partial charge is 0.489 e. The number of hydrogen-bond donors (Lipinski definition) is 5. The van der Waals surface area contributed by atoms with Gasteiger partial charge in [-0.15, -0.1) is 0 Å². The summed E-state index contributed by atoms with van der Waals surface area (Å²) in [6.45, 7) is 16.8. The molecule has 3 aliphatic rings. The standard InChI is InChI=1S/C57H70N12O9S/c1-32-33(2)65-66-50(32)64-51-41-26-46(79(75,76)57(7,8)9)45(27-43(41)58-30-61-51)77-38-20-22-68(23-21-38)47-28-48(60-31-59-47)78-39-19-18-36-25-44(53(71)62-42-17-13-15-35-14-11-12-16-40(35)42)69(29-37(36)24-39)54(72)49(56(4,5)6)63-52(70)34(3)67(10)55(73)74/h11-12,14,16,18-19,24,26-28,30-31,34,38,42,44,49H,13,15,17,20-23,25,29H2,1-10H3,(H,62,71)(H,63,70)(H,73,74)(H2,58,61,64,65,66)/t34?,42-,44?,49?/m1/s1. The van der Waals surface area contributed by atoms with E-state index in [0.717, 1.165) is 52.1 Å². The molecule has 418 valence electrons. The van der Waals surface area contributed by atoms with Crippen LogP contribution in [0.15, 0.2) is 78.2 Å². The van der Waals surface area contributed by atoms with Gasteiger partial charge in [-0.2, -0.15) is 5.10 Å². The molecule has 22 heteroatoms. The van der Waals surface area contributed by atoms with Gasteiger partial charge in [0.15, 0.2) is 15.7 Å². The molecule has 9 rings (SSSR count). The van der Waals surface area contributed by atoms with E-state index in [4.69, 9.17) is 9.47 Å². The first kappa shape index (κ1) is 55.9. The Morgan fingerprint density at radius 1 is 0.873 bits per heavy atom. The summed E-state index contributed by atoms with van der Waals surface area (Å²) in [7, 11) is -2.62. The number of nitrogens with zero attached hydrogens (tertiary/aromatic N) is 8. The van der Waals surface area contributed by atoms with Crippen molar-refractivity contribution in [1.29, 1.82) is 0 Å². The Kier molecular flexibility index (Phi) is 15.6. The number of H-pyrrole nitrogens is 1. The first-order valence-corrected chi connectivity index (χ1v) is 28.2. The van der Waals surface area contributed by atoms with E-state index in [1.807, 2.05) is 65.0 Å². The van der Waals surface area contributed by atoms with E-state index < -0.39 is 56.0 Å². The number of sulfone groups is 1. The maximum atomic E-state index is 15.0. The second-order valence-corrected chi connectivity index (χ2v) is 25.5. The molecule has 0 saturated carbocycles. The first-order valence-electron chi connectivity index (χ1n) is 26.7. The van der Waals surface area contributed by atoms with Crippen LogP contribution in [-0.2, 0) is 43.6 Å². The molecule has 4 atom stereocenters. The summed E-state index contributed by atoms with van der Waals surface area (Å²) in [6.07, 6.45) is 5.06. The van der Waals surface area contributed by atoms with E-state index in [1.165, 1.54) is 37.1 Å². The van der Waals surface area contributed by atoms with Crippen LogP contribution in [0.4, 0.5) is 22.2 Å². The Balaban J connectivity index is 0.920. The van der Waals surface area contributed by atoms with E-state index >= 15 is 4.79 Å². The van der Waals surface area contributed by atoms with Crippen LogP contribution in [0.3, 0.4) is 0 Å². The van der Waals surface area contributed by atoms with Crippen LogP contribution in [0, 0.1) is 19.3 Å². The molecule has 6 aromatic rings. The third kappa shape index (κ3) is 11.8. The van der Waals surface area contributed by atoms with Crippen molar-refractivity contribution in [3.05, 3.63) is 107 Å². The number of amides is 4. The highest BCUT2D eigenvalue weighted by Gasteiger charge is 2.44. The number of aromatic amines is 1. The Hall–Kier alpha value is -7.88. The zero-order chi connectivity index (χ0) is 56.7. The van der Waals surface area contributed by atoms with Crippen molar-refractivity contribution < 1.29 is 42.2 Å². The molecule has 3 unspecified atom stereocenters. The zero-order valence-corrected chi connectivity index (χ0v) is 47.2. The number of piperidine rings is 1. The molecule has 5 heterocycles. The predicted octanol–water partition coefficient (Wildman–Crippen LogP) is 7.89. The van der Waals surface area contributed by atoms with Crippen molar-refractivity contribution in [2.75, 3.05) is 30.4 Å². The molecule has 3 aromatic heterocycles. The number of aromatic nitrogens is 6. The number of benzene rings is 3. The molecular weight excluding hydrogens is 1030 g/mol. The van der Waals surface area contributed by atoms with Gasteiger partial charge in [0.1, 0.15) is 64.9 Å². The van der Waals surface area contributed by atoms with Gasteiger partial charge < -0.3 is 40.3 Å². The molecular formula is C57H70N12O9S. The summed E-state index contributed by atoms with van der Waals surface area (Å²) in [4.78, 5) is 77.4. The van der Waals surface area contributed by atoms with Crippen molar-refractivity contribution >= 4 is 62.0 Å². The Morgan fingerprint density at radius 3 is 2.30 bits per heavy atom. The molecule has 2 aliphatic heterocycles. The van der Waals surface area contributed by atoms with Crippen molar-refractivity contribution in [1.82, 2.24) is 50.6 Å². The quantitative estimate of drug-likeness (QED) is 0.0694. The molecule has 1 aliphatic carbocycles. The second-order valence-electron chi connectivity index (χ2n) is 22.9. The van der Waals surface area contributed by atoms with Gasteiger partial charge in [-0.25, -0.2) is 33.1 Å². The number of ether oxygens (including phenoxy) is 2. The molecule has 0 spiro atoms. The molecule has 3 aromatic carbocycles. The van der Waals surface area contributed by atoms with Gasteiger partial charge in [-0.3, -0.25) is 24.4 Å². The molecule has 79 heavy (non-hydrogen) atoms. The molecule has 0 bridgehead atoms. The maximum absolute atomic E-state index is 15.0. The fourth-order valence-corrected chi connectivity index (χ4v) is 11.6. The highest BCUT2D eigenvalue weighted by atomic mass is 32.2. The van der Waals surface area contributed by atoms with Crippen LogP contribution in [0.1, 0.15) is 114 Å². The van der Waals surface area contributed by atoms with Crippen LogP contribution in [-0.4, -0.2) is 126 Å². The lowest BCUT2D eigenvalue weighted by Crippen LogP contribution is -2.62. The topological polar surface area (TPSA) is 267 Å². The number of carbonyl (C=O) groups is 4. The van der Waals surface area contributed by atoms with Gasteiger partial charge in [0.25, 0.3) is 0 Å². The highest BCUT2D eigenvalue weighted by molar-refractivity contribution is 7.92. The third-order valence-corrected chi connectivity index (χ3v) is 17.9. The van der Waals surface area contributed by atoms with Crippen molar-refractivity contribution in [2.45, 2.75) is 147 Å². The lowest BCUT2D eigenvalue weighted by atomic mass is 9.83. The summed E-state index contributed by atoms with van der Waals surface area (Å²) < 4.78 is 40.3. The van der Waals surface area contributed by atoms with Crippen LogP contribution < -0.4 is 30.3 Å². The minimum atomic E-state index is -3.91. The molecule has 4 amide bonds. The summed E-state index contributed by atoms with van der Waals surface area (Å²) in [6, 6.07) is 15.2. The number of fused-ring (bicyclic) bond motifs is 3. The SMILES string of the molecule is Cc1[nH]nc(Nc2ncnc3cc(OC4CCN(c5cc(Oc6ccc7c(c6)CN(C(=O)C(NC(=O)C(C)N(C)C(=O)O)C(C)(C)C)C(C(=O)N[C@@H]6CCCc8ccccc86)C7)ncn5)CC4)c(S(=O)(=O)C(C)(C)C)cc23)c1C. The number of carboxylic acid groups (broad SMARTS) is 1. The van der Waals surface area contributed by atoms with Gasteiger partial charge in [-0.1, -0.05) is 51.1 Å². The molecule has 5 N–H and O–H groups in total. The van der Waals surface area contributed by atoms with Crippen LogP contribution in [0.2, 0.25) is 0 Å². The normalized spacial score (nSPS) is 17.7. The average molecular weight is 1100 g/mol. The van der Waals surface area contributed by atoms with E-state index in [0.29, 0.717) is 60.0 Å². The van der Waals surface area contributed by atoms with E-state index in [1.54, 1.807) is 45.0 Å². The molecule has 0 radical (unpaired) electrons. The van der Waals surface area contributed by atoms with E-state index in [9.17, 15) is 27.9 Å². The fraction of sp³-hybridized carbons (Fsp3) is 0.456. The summed E-state index contributed by atoms with van der Waals surface area (Å²) in [5.74, 6) is 1.08. The third-order valence-electron chi connectivity index (χ3n) is 15.4. The van der Waals surface area contributed by atoms with Gasteiger partial charge >= 0.3 is 6.09 Å². The minimum Gasteiger partial charge on any atom is -0.489 e. The van der Waals surface area contributed by atoms with Crippen LogP contribution in [0.25, 0.3) is 10.9 Å². The van der Waals surface area contributed by atoms with Crippen molar-refractivity contribution in [2.24, 2.45) is 5.41 Å². The van der Waals surface area contributed by atoms with Crippen molar-refractivity contribution in [3.63, 3.8) is 0 Å². The molecule has 21 nitrogen and oxygen atoms in total. The van der Waals surface area contributed by atoms with Gasteiger partial charge in [-0.05, 0) is 107 Å². The smallest absolute Gasteiger partial charge is 0.407 e. The number of anilines is 3.